The van der Waals surface area contributed by atoms with E-state index in [1.165, 1.54) is 18.1 Å². The number of fused-ring (bicyclic) bond motifs is 3. The number of nitrogens with two attached hydrogens (primary N) is 1. The van der Waals surface area contributed by atoms with Gasteiger partial charge in [-0.15, -0.1) is 0 Å². The lowest BCUT2D eigenvalue weighted by molar-refractivity contribution is -0.263. The van der Waals surface area contributed by atoms with Gasteiger partial charge in [0.25, 0.3) is 11.7 Å². The Hall–Kier alpha value is -3.37. The second-order valence-corrected chi connectivity index (χ2v) is 19.0. The number of amides is 1. The fraction of sp³-hybridized carbons (Fsp3) is 0.735. The van der Waals surface area contributed by atoms with Gasteiger partial charge in [0.2, 0.25) is 5.79 Å². The summed E-state index contributed by atoms with van der Waals surface area (Å²) in [6, 6.07) is -2.38. The summed E-state index contributed by atoms with van der Waals surface area (Å²) in [5.41, 5.74) is 7.78. The van der Waals surface area contributed by atoms with Gasteiger partial charge in [-0.05, 0) is 114 Å². The van der Waals surface area contributed by atoms with Crippen molar-refractivity contribution in [3.8, 4) is 0 Å². The molecule has 4 aliphatic rings. The van der Waals surface area contributed by atoms with Crippen LogP contribution in [0.3, 0.4) is 0 Å². The van der Waals surface area contributed by atoms with Crippen molar-refractivity contribution in [1.29, 1.82) is 0 Å². The SMILES string of the molecule is CO[C@@H]1C[C@H](C[C@@H](C)[C@@H]2CC(=O)[C@H](N)/C=C(\C)[C@@H](O)[C@@H](OC)C(=O)[C@H](C)C[C@H](C)/C=C/C=C/C=C(\C)CC[C@@H]3CC[C@@H](C)[C@@](O)(O3)C(=O)C(=O)N3CCCC[C@H]3C(=O)O2)CC[C@H]1O. The standard InChI is InChI=1S/C49H76N2O12/c1-29-14-10-9-11-15-30(2)24-32(4)43(54)45(61-8)44(55)33(5)26-37(50)40(53)28-41(31(3)25-35-19-22-39(52)42(27-35)60-7)62-48(58)38-16-12-13-23-51(38)47(57)46(56)49(59)34(6)18-21-36(63-49)20-17-29/h9-11,14-15,26,30-32,34-39,41-42,44-45,52,55,59H,12-13,16-25,27-28,50H2,1-8H3/b10-9+,15-11+,29-14+,33-26+/t30-,31-,32-,34-,35+,36-,37-,38+,39-,41+,42-,44-,45+,49-/m1/s1. The van der Waals surface area contributed by atoms with Crippen LogP contribution in [0.25, 0.3) is 0 Å². The van der Waals surface area contributed by atoms with Crippen molar-refractivity contribution < 1.29 is 58.2 Å². The Morgan fingerprint density at radius 3 is 2.35 bits per heavy atom. The number of piperidine rings is 1. The molecule has 0 radical (unpaired) electrons. The third kappa shape index (κ3) is 14.1. The second kappa shape index (κ2) is 24.2. The highest BCUT2D eigenvalue weighted by Crippen LogP contribution is 2.37. The van der Waals surface area contributed by atoms with Crippen LogP contribution in [0, 0.1) is 29.6 Å². The minimum Gasteiger partial charge on any atom is -0.460 e. The molecule has 63 heavy (non-hydrogen) atoms. The number of esters is 1. The largest absolute Gasteiger partial charge is 0.460 e. The van der Waals surface area contributed by atoms with Gasteiger partial charge < -0.3 is 44.9 Å². The van der Waals surface area contributed by atoms with E-state index in [4.69, 9.17) is 24.7 Å². The number of hydrogen-bond donors (Lipinski definition) is 4. The van der Waals surface area contributed by atoms with Gasteiger partial charge >= 0.3 is 5.97 Å². The number of aliphatic hydroxyl groups excluding tert-OH is 2. The van der Waals surface area contributed by atoms with E-state index in [-0.39, 0.29) is 54.6 Å². The average Bonchev–Trinajstić information content (AvgIpc) is 3.26. The van der Waals surface area contributed by atoms with E-state index in [9.17, 15) is 39.3 Å². The predicted octanol–water partition coefficient (Wildman–Crippen LogP) is 5.25. The number of ketones is 3. The highest BCUT2D eigenvalue weighted by Gasteiger charge is 2.53. The van der Waals surface area contributed by atoms with E-state index in [0.717, 1.165) is 5.57 Å². The Bertz CT molecular complexity index is 1710. The van der Waals surface area contributed by atoms with Crippen LogP contribution < -0.4 is 5.73 Å². The van der Waals surface area contributed by atoms with Crippen LogP contribution in [0.4, 0.5) is 0 Å². The molecule has 2 saturated heterocycles. The van der Waals surface area contributed by atoms with Crippen LogP contribution in [0.1, 0.15) is 125 Å². The van der Waals surface area contributed by atoms with Crippen LogP contribution in [-0.2, 0) is 42.9 Å². The molecular weight excluding hydrogens is 809 g/mol. The van der Waals surface area contributed by atoms with E-state index in [1.54, 1.807) is 27.9 Å². The number of carbonyl (C=O) groups is 5. The van der Waals surface area contributed by atoms with E-state index >= 15 is 0 Å². The number of aliphatic hydroxyl groups is 3. The Kier molecular flexibility index (Phi) is 20.1. The van der Waals surface area contributed by atoms with Gasteiger partial charge in [-0.2, -0.15) is 0 Å². The first-order valence-electron chi connectivity index (χ1n) is 23.2. The Labute approximate surface area is 374 Å². The molecule has 0 aromatic carbocycles. The van der Waals surface area contributed by atoms with Gasteiger partial charge in [-0.1, -0.05) is 69.7 Å². The molecule has 14 nitrogen and oxygen atoms in total. The van der Waals surface area contributed by atoms with E-state index in [0.29, 0.717) is 70.6 Å². The lowest BCUT2D eigenvalue weighted by Gasteiger charge is -2.42. The van der Waals surface area contributed by atoms with E-state index in [2.05, 4.69) is 0 Å². The van der Waals surface area contributed by atoms with Gasteiger partial charge in [0, 0.05) is 39.0 Å². The molecule has 0 aromatic rings. The first-order valence-corrected chi connectivity index (χ1v) is 23.2. The van der Waals surface area contributed by atoms with E-state index < -0.39 is 83.7 Å². The number of rotatable bonds is 5. The number of methoxy groups -OCH3 is 2. The normalized spacial score (nSPS) is 40.1. The molecule has 3 heterocycles. The molecule has 4 rings (SSSR count). The van der Waals surface area contributed by atoms with Gasteiger partial charge in [-0.3, -0.25) is 19.2 Å². The zero-order chi connectivity index (χ0) is 46.6. The van der Waals surface area contributed by atoms with Crippen molar-refractivity contribution in [2.24, 2.45) is 35.3 Å². The van der Waals surface area contributed by atoms with Crippen LogP contribution in [0.2, 0.25) is 0 Å². The van der Waals surface area contributed by atoms with Gasteiger partial charge in [0.15, 0.2) is 11.6 Å². The molecule has 2 bridgehead atoms. The maximum Gasteiger partial charge on any atom is 0.329 e. The molecule has 1 saturated carbocycles. The van der Waals surface area contributed by atoms with Crippen molar-refractivity contribution in [3.05, 3.63) is 47.6 Å². The Morgan fingerprint density at radius 2 is 1.65 bits per heavy atom. The maximum atomic E-state index is 14.3. The average molecular weight is 885 g/mol. The molecule has 14 atom stereocenters. The Morgan fingerprint density at radius 1 is 0.921 bits per heavy atom. The number of carbonyl (C=O) groups excluding carboxylic acids is 5. The van der Waals surface area contributed by atoms with Gasteiger partial charge in [0.1, 0.15) is 24.4 Å². The van der Waals surface area contributed by atoms with Crippen LogP contribution in [0.15, 0.2) is 47.6 Å². The number of ether oxygens (including phenoxy) is 4. The third-order valence-corrected chi connectivity index (χ3v) is 13.9. The fourth-order valence-corrected chi connectivity index (χ4v) is 9.66. The summed E-state index contributed by atoms with van der Waals surface area (Å²) >= 11 is 0. The number of hydrogen-bond acceptors (Lipinski definition) is 13. The number of Topliss-reactive ketones (excluding diaryl/α,β-unsaturated/α-hetero) is 3. The number of allylic oxidation sites excluding steroid dienone is 6. The topological polar surface area (TPSA) is 212 Å². The zero-order valence-corrected chi connectivity index (χ0v) is 38.9. The molecular formula is C49H76N2O12. The number of cyclic esters (lactones) is 1. The molecule has 0 unspecified atom stereocenters. The monoisotopic (exact) mass is 885 g/mol. The minimum absolute atomic E-state index is 0.0301. The Balaban J connectivity index is 1.67. The zero-order valence-electron chi connectivity index (χ0n) is 38.9. The quantitative estimate of drug-likeness (QED) is 0.158. The van der Waals surface area contributed by atoms with Crippen molar-refractivity contribution in [1.82, 2.24) is 4.90 Å². The van der Waals surface area contributed by atoms with Crippen LogP contribution in [-0.4, -0.2) is 125 Å². The van der Waals surface area contributed by atoms with Crippen LogP contribution >= 0.6 is 0 Å². The van der Waals surface area contributed by atoms with Crippen molar-refractivity contribution in [2.45, 2.75) is 180 Å². The fourth-order valence-electron chi connectivity index (χ4n) is 9.66. The van der Waals surface area contributed by atoms with Crippen LogP contribution in [0.5, 0.6) is 0 Å². The summed E-state index contributed by atoms with van der Waals surface area (Å²) in [6.07, 6.45) is 12.2. The van der Waals surface area contributed by atoms with Crippen molar-refractivity contribution in [3.63, 3.8) is 0 Å². The summed E-state index contributed by atoms with van der Waals surface area (Å²) in [4.78, 5) is 71.2. The highest BCUT2D eigenvalue weighted by molar-refractivity contribution is 6.39. The molecule has 0 spiro atoms. The maximum absolute atomic E-state index is 14.3. The number of nitrogens with zero attached hydrogens (tertiary/aromatic N) is 1. The second-order valence-electron chi connectivity index (χ2n) is 19.0. The lowest BCUT2D eigenvalue weighted by Crippen LogP contribution is -2.60. The van der Waals surface area contributed by atoms with Crippen molar-refractivity contribution >= 4 is 29.2 Å². The molecule has 14 heteroatoms. The molecule has 0 aromatic heterocycles. The summed E-state index contributed by atoms with van der Waals surface area (Å²) < 4.78 is 23.3. The summed E-state index contributed by atoms with van der Waals surface area (Å²) in [5.74, 6) is -7.42. The highest BCUT2D eigenvalue weighted by atomic mass is 16.6. The summed E-state index contributed by atoms with van der Waals surface area (Å²) in [6.45, 7) is 11.0. The lowest BCUT2D eigenvalue weighted by atomic mass is 9.78. The van der Waals surface area contributed by atoms with Gasteiger partial charge in [0.05, 0.1) is 24.4 Å². The molecule has 3 fully saturated rings. The summed E-state index contributed by atoms with van der Waals surface area (Å²) in [7, 11) is 2.91. The predicted molar refractivity (Wildman–Crippen MR) is 238 cm³/mol. The van der Waals surface area contributed by atoms with Crippen molar-refractivity contribution in [2.75, 3.05) is 20.8 Å². The molecule has 1 aliphatic carbocycles. The molecule has 354 valence electrons. The summed E-state index contributed by atoms with van der Waals surface area (Å²) in [5, 5.41) is 33.6. The first-order chi connectivity index (χ1) is 29.8. The molecule has 3 aliphatic heterocycles. The van der Waals surface area contributed by atoms with Gasteiger partial charge in [-0.25, -0.2) is 4.79 Å². The minimum atomic E-state index is -2.37. The molecule has 1 amide bonds. The first kappa shape index (κ1) is 52.3. The molecule has 5 N–H and O–H groups in total. The third-order valence-electron chi connectivity index (χ3n) is 13.9. The van der Waals surface area contributed by atoms with E-state index in [1.807, 2.05) is 51.2 Å². The smallest absolute Gasteiger partial charge is 0.329 e.